The first kappa shape index (κ1) is 17.4. The summed E-state index contributed by atoms with van der Waals surface area (Å²) >= 11 is 0. The second kappa shape index (κ2) is 7.41. The SMILES string of the molecule is NCCCCCC(=O)C1(O)O[C@H](CO)[C@@H](O)[C@H](O)[C@H]1N. The molecule has 0 amide bonds. The molecule has 0 aromatic heterocycles. The van der Waals surface area contributed by atoms with Gasteiger partial charge in [0.25, 0.3) is 0 Å². The highest BCUT2D eigenvalue weighted by Crippen LogP contribution is 2.29. The second-order valence-electron chi connectivity index (χ2n) is 5.06. The highest BCUT2D eigenvalue weighted by atomic mass is 16.7. The minimum atomic E-state index is -2.39. The summed E-state index contributed by atoms with van der Waals surface area (Å²) in [6.45, 7) is -0.125. The zero-order valence-electron chi connectivity index (χ0n) is 11.3. The van der Waals surface area contributed by atoms with E-state index in [1.54, 1.807) is 0 Å². The maximum Gasteiger partial charge on any atom is 0.245 e. The second-order valence-corrected chi connectivity index (χ2v) is 5.06. The average molecular weight is 292 g/mol. The Morgan fingerprint density at radius 2 is 1.85 bits per heavy atom. The Kier molecular flexibility index (Phi) is 6.46. The summed E-state index contributed by atoms with van der Waals surface area (Å²) in [6, 6.07) is -1.47. The monoisotopic (exact) mass is 292 g/mol. The lowest BCUT2D eigenvalue weighted by molar-refractivity contribution is -0.297. The first-order valence-corrected chi connectivity index (χ1v) is 6.74. The van der Waals surface area contributed by atoms with Gasteiger partial charge in [-0.3, -0.25) is 4.79 Å². The molecule has 1 unspecified atom stereocenters. The highest BCUT2D eigenvalue weighted by molar-refractivity contribution is 5.86. The average Bonchev–Trinajstić information content (AvgIpc) is 2.45. The van der Waals surface area contributed by atoms with E-state index in [-0.39, 0.29) is 6.42 Å². The largest absolute Gasteiger partial charge is 0.394 e. The van der Waals surface area contributed by atoms with E-state index in [2.05, 4.69) is 0 Å². The lowest BCUT2D eigenvalue weighted by Crippen LogP contribution is -2.71. The first-order chi connectivity index (χ1) is 9.38. The number of unbranched alkanes of at least 4 members (excludes halogenated alkanes) is 2. The Morgan fingerprint density at radius 1 is 1.20 bits per heavy atom. The topological polar surface area (TPSA) is 159 Å². The van der Waals surface area contributed by atoms with Crippen molar-refractivity contribution in [3.05, 3.63) is 0 Å². The molecule has 0 aromatic rings. The fourth-order valence-electron chi connectivity index (χ4n) is 2.23. The van der Waals surface area contributed by atoms with Gasteiger partial charge in [0.05, 0.1) is 12.6 Å². The molecule has 0 bridgehead atoms. The molecule has 0 spiro atoms. The van der Waals surface area contributed by atoms with Crippen molar-refractivity contribution in [1.82, 2.24) is 0 Å². The molecular formula is C12H24N2O6. The van der Waals surface area contributed by atoms with Crippen molar-refractivity contribution in [1.29, 1.82) is 0 Å². The number of nitrogens with two attached hydrogens (primary N) is 2. The van der Waals surface area contributed by atoms with Crippen LogP contribution in [0.15, 0.2) is 0 Å². The van der Waals surface area contributed by atoms with Crippen LogP contribution in [0.25, 0.3) is 0 Å². The Morgan fingerprint density at radius 3 is 2.40 bits per heavy atom. The number of aliphatic hydroxyl groups is 4. The predicted molar refractivity (Wildman–Crippen MR) is 69.4 cm³/mol. The smallest absolute Gasteiger partial charge is 0.245 e. The van der Waals surface area contributed by atoms with E-state index in [1.807, 2.05) is 0 Å². The van der Waals surface area contributed by atoms with Crippen LogP contribution in [0, 0.1) is 0 Å². The Labute approximate surface area is 117 Å². The third kappa shape index (κ3) is 3.53. The van der Waals surface area contributed by atoms with Crippen LogP contribution < -0.4 is 11.5 Å². The van der Waals surface area contributed by atoms with Gasteiger partial charge in [-0.2, -0.15) is 0 Å². The summed E-state index contributed by atoms with van der Waals surface area (Å²) in [6.07, 6.45) is -2.26. The zero-order valence-corrected chi connectivity index (χ0v) is 11.3. The molecule has 1 rings (SSSR count). The lowest BCUT2D eigenvalue weighted by atomic mass is 9.87. The molecule has 1 fully saturated rings. The van der Waals surface area contributed by atoms with Crippen LogP contribution >= 0.6 is 0 Å². The number of Topliss-reactive ketones (excluding diaryl/α,β-unsaturated/α-hetero) is 1. The summed E-state index contributed by atoms with van der Waals surface area (Å²) in [5.74, 6) is -3.07. The minimum Gasteiger partial charge on any atom is -0.394 e. The minimum absolute atomic E-state index is 0.0190. The number of aliphatic hydroxyl groups excluding tert-OH is 3. The summed E-state index contributed by atoms with van der Waals surface area (Å²) in [7, 11) is 0. The Bertz CT molecular complexity index is 327. The molecule has 1 saturated heterocycles. The van der Waals surface area contributed by atoms with Gasteiger partial charge in [-0.25, -0.2) is 0 Å². The van der Waals surface area contributed by atoms with Crippen molar-refractivity contribution < 1.29 is 30.0 Å². The summed E-state index contributed by atoms with van der Waals surface area (Å²) in [4.78, 5) is 12.0. The maximum absolute atomic E-state index is 12.0. The Balaban J connectivity index is 2.71. The third-order valence-corrected chi connectivity index (χ3v) is 3.57. The molecule has 1 aliphatic rings. The fraction of sp³-hybridized carbons (Fsp3) is 0.917. The lowest BCUT2D eigenvalue weighted by Gasteiger charge is -2.45. The number of ether oxygens (including phenoxy) is 1. The van der Waals surface area contributed by atoms with Crippen molar-refractivity contribution in [3.63, 3.8) is 0 Å². The molecule has 0 aromatic carbocycles. The molecule has 5 atom stereocenters. The van der Waals surface area contributed by atoms with E-state index in [0.29, 0.717) is 13.0 Å². The molecule has 20 heavy (non-hydrogen) atoms. The van der Waals surface area contributed by atoms with Crippen LogP contribution in [0.3, 0.4) is 0 Å². The molecular weight excluding hydrogens is 268 g/mol. The summed E-state index contributed by atoms with van der Waals surface area (Å²) in [5.41, 5.74) is 10.9. The van der Waals surface area contributed by atoms with E-state index < -0.39 is 42.5 Å². The molecule has 118 valence electrons. The van der Waals surface area contributed by atoms with E-state index in [9.17, 15) is 20.1 Å². The van der Waals surface area contributed by atoms with Gasteiger partial charge in [-0.1, -0.05) is 6.42 Å². The van der Waals surface area contributed by atoms with Gasteiger partial charge in [0.15, 0.2) is 5.78 Å². The van der Waals surface area contributed by atoms with Gasteiger partial charge < -0.3 is 36.6 Å². The summed E-state index contributed by atoms with van der Waals surface area (Å²) < 4.78 is 5.03. The van der Waals surface area contributed by atoms with Crippen LogP contribution in [-0.2, 0) is 9.53 Å². The normalized spacial score (nSPS) is 37.9. The van der Waals surface area contributed by atoms with Crippen LogP contribution in [0.5, 0.6) is 0 Å². The molecule has 1 aliphatic heterocycles. The number of carbonyl (C=O) groups is 1. The number of rotatable bonds is 7. The molecule has 0 radical (unpaired) electrons. The van der Waals surface area contributed by atoms with E-state index in [1.165, 1.54) is 0 Å². The van der Waals surface area contributed by atoms with Gasteiger partial charge in [0, 0.05) is 6.42 Å². The van der Waals surface area contributed by atoms with Crippen LogP contribution in [0.1, 0.15) is 25.7 Å². The first-order valence-electron chi connectivity index (χ1n) is 6.74. The van der Waals surface area contributed by atoms with Crippen molar-refractivity contribution in [2.45, 2.75) is 55.8 Å². The third-order valence-electron chi connectivity index (χ3n) is 3.57. The molecule has 1 heterocycles. The van der Waals surface area contributed by atoms with E-state index >= 15 is 0 Å². The van der Waals surface area contributed by atoms with Crippen LogP contribution in [0.2, 0.25) is 0 Å². The van der Waals surface area contributed by atoms with Crippen molar-refractivity contribution in [3.8, 4) is 0 Å². The van der Waals surface area contributed by atoms with Gasteiger partial charge in [0.1, 0.15) is 18.3 Å². The molecule has 8 heteroatoms. The zero-order chi connectivity index (χ0) is 15.3. The Hall–Kier alpha value is -0.610. The van der Waals surface area contributed by atoms with Crippen molar-refractivity contribution >= 4 is 5.78 Å². The molecule has 8 nitrogen and oxygen atoms in total. The molecule has 8 N–H and O–H groups in total. The van der Waals surface area contributed by atoms with Gasteiger partial charge in [0.2, 0.25) is 5.79 Å². The quantitative estimate of drug-likeness (QED) is 0.274. The summed E-state index contributed by atoms with van der Waals surface area (Å²) in [5, 5.41) is 38.7. The van der Waals surface area contributed by atoms with Gasteiger partial charge in [-0.15, -0.1) is 0 Å². The van der Waals surface area contributed by atoms with Crippen LogP contribution in [0.4, 0.5) is 0 Å². The highest BCUT2D eigenvalue weighted by Gasteiger charge is 2.55. The van der Waals surface area contributed by atoms with Crippen LogP contribution in [-0.4, -0.2) is 69.5 Å². The number of hydrogen-bond donors (Lipinski definition) is 6. The molecule has 0 aliphatic carbocycles. The predicted octanol–water partition coefficient (Wildman–Crippen LogP) is -2.80. The maximum atomic E-state index is 12.0. The standard InChI is InChI=1S/C12H24N2O6/c13-5-3-1-2-4-8(16)12(19)11(14)10(18)9(17)7(6-15)20-12/h7,9-11,15,17-19H,1-6,13-14H2/t7-,9-,10+,11-,12?/m1/s1. The van der Waals surface area contributed by atoms with Gasteiger partial charge >= 0.3 is 0 Å². The van der Waals surface area contributed by atoms with E-state index in [0.717, 1.165) is 12.8 Å². The number of carbonyl (C=O) groups excluding carboxylic acids is 1. The van der Waals surface area contributed by atoms with Crippen molar-refractivity contribution in [2.75, 3.05) is 13.2 Å². The number of hydrogen-bond acceptors (Lipinski definition) is 8. The van der Waals surface area contributed by atoms with Crippen molar-refractivity contribution in [2.24, 2.45) is 11.5 Å². The fourth-order valence-corrected chi connectivity index (χ4v) is 2.23. The number of ketones is 1. The molecule has 0 saturated carbocycles. The van der Waals surface area contributed by atoms with E-state index in [4.69, 9.17) is 21.3 Å². The van der Waals surface area contributed by atoms with Gasteiger partial charge in [-0.05, 0) is 19.4 Å².